The summed E-state index contributed by atoms with van der Waals surface area (Å²) in [7, 11) is 0. The number of nitrogens with one attached hydrogen (secondary N) is 1. The minimum absolute atomic E-state index is 0.136. The molecule has 4 nitrogen and oxygen atoms in total. The summed E-state index contributed by atoms with van der Waals surface area (Å²) < 4.78 is 0. The van der Waals surface area contributed by atoms with Crippen molar-refractivity contribution in [3.63, 3.8) is 0 Å². The summed E-state index contributed by atoms with van der Waals surface area (Å²) in [5.74, 6) is 0. The summed E-state index contributed by atoms with van der Waals surface area (Å²) in [4.78, 5) is 10.1. The molecule has 0 amide bonds. The Balaban J connectivity index is 2.63. The van der Waals surface area contributed by atoms with Crippen molar-refractivity contribution in [3.8, 4) is 0 Å². The molecule has 0 saturated heterocycles. The van der Waals surface area contributed by atoms with Crippen molar-refractivity contribution in [3.05, 3.63) is 39.9 Å². The first kappa shape index (κ1) is 10.4. The van der Waals surface area contributed by atoms with Crippen LogP contribution in [0.1, 0.15) is 18.4 Å². The van der Waals surface area contributed by atoms with Crippen molar-refractivity contribution in [2.45, 2.75) is 19.3 Å². The molecule has 0 radical (unpaired) electrons. The van der Waals surface area contributed by atoms with Crippen LogP contribution in [0, 0.1) is 15.5 Å². The van der Waals surface area contributed by atoms with Gasteiger partial charge in [0.05, 0.1) is 4.92 Å². The molecule has 1 rings (SSSR count). The Labute approximate surface area is 82.2 Å². The van der Waals surface area contributed by atoms with Crippen LogP contribution in [0.25, 0.3) is 0 Å². The molecule has 0 atom stereocenters. The smallest absolute Gasteiger partial charge is 0.269 e. The summed E-state index contributed by atoms with van der Waals surface area (Å²) in [6.07, 6.45) is 3.74. The predicted molar refractivity (Wildman–Crippen MR) is 54.8 cm³/mol. The van der Waals surface area contributed by atoms with E-state index < -0.39 is 0 Å². The van der Waals surface area contributed by atoms with E-state index in [-0.39, 0.29) is 10.6 Å². The Morgan fingerprint density at radius 3 is 2.93 bits per heavy atom. The van der Waals surface area contributed by atoms with E-state index in [1.54, 1.807) is 12.1 Å². The summed E-state index contributed by atoms with van der Waals surface area (Å²) in [6, 6.07) is 6.64. The maximum atomic E-state index is 10.5. The fourth-order valence-electron chi connectivity index (χ4n) is 1.23. The third-order valence-corrected chi connectivity index (χ3v) is 1.94. The molecule has 0 bridgehead atoms. The number of hydrogen-bond donors (Lipinski definition) is 1. The molecule has 0 aliphatic rings. The number of nitro benzene ring substituents is 1. The Bertz CT molecular complexity index is 337. The summed E-state index contributed by atoms with van der Waals surface area (Å²) in [5, 5.41) is 17.3. The standard InChI is InChI=1S/C10H12N2O2/c11-7-2-1-4-9-5-3-6-10(8-9)12(13)14/h3,5-8,11H,1-2,4H2. The minimum Gasteiger partial charge on any atom is -0.313 e. The van der Waals surface area contributed by atoms with E-state index in [0.29, 0.717) is 0 Å². The lowest BCUT2D eigenvalue weighted by Crippen LogP contribution is -1.91. The molecule has 74 valence electrons. The highest BCUT2D eigenvalue weighted by atomic mass is 16.6. The first-order chi connectivity index (χ1) is 6.74. The van der Waals surface area contributed by atoms with E-state index in [0.717, 1.165) is 24.8 Å². The van der Waals surface area contributed by atoms with Crippen LogP contribution in [0.3, 0.4) is 0 Å². The monoisotopic (exact) mass is 192 g/mol. The van der Waals surface area contributed by atoms with Crippen molar-refractivity contribution < 1.29 is 4.92 Å². The number of nitrogens with zero attached hydrogens (tertiary/aromatic N) is 1. The fourth-order valence-corrected chi connectivity index (χ4v) is 1.23. The zero-order valence-corrected chi connectivity index (χ0v) is 7.77. The van der Waals surface area contributed by atoms with Crippen LogP contribution < -0.4 is 0 Å². The molecule has 1 aromatic rings. The van der Waals surface area contributed by atoms with E-state index in [1.165, 1.54) is 12.3 Å². The van der Waals surface area contributed by atoms with E-state index >= 15 is 0 Å². The van der Waals surface area contributed by atoms with Crippen LogP contribution in [0.15, 0.2) is 24.3 Å². The Hall–Kier alpha value is -1.71. The topological polar surface area (TPSA) is 67.0 Å². The van der Waals surface area contributed by atoms with Gasteiger partial charge < -0.3 is 5.41 Å². The van der Waals surface area contributed by atoms with Crippen molar-refractivity contribution in [2.24, 2.45) is 0 Å². The molecule has 0 unspecified atom stereocenters. The number of rotatable bonds is 5. The maximum absolute atomic E-state index is 10.5. The van der Waals surface area contributed by atoms with Gasteiger partial charge in [0, 0.05) is 12.1 Å². The van der Waals surface area contributed by atoms with Crippen LogP contribution in [0.4, 0.5) is 5.69 Å². The number of nitro groups is 1. The lowest BCUT2D eigenvalue weighted by molar-refractivity contribution is -0.384. The number of unbranched alkanes of at least 4 members (excludes halogenated alkanes) is 1. The van der Waals surface area contributed by atoms with Gasteiger partial charge in [-0.25, -0.2) is 0 Å². The maximum Gasteiger partial charge on any atom is 0.269 e. The average Bonchev–Trinajstić information content (AvgIpc) is 2.19. The van der Waals surface area contributed by atoms with Gasteiger partial charge in [0.2, 0.25) is 0 Å². The molecule has 0 spiro atoms. The predicted octanol–water partition coefficient (Wildman–Crippen LogP) is 2.57. The molecule has 0 saturated carbocycles. The van der Waals surface area contributed by atoms with Gasteiger partial charge >= 0.3 is 0 Å². The lowest BCUT2D eigenvalue weighted by atomic mass is 10.1. The van der Waals surface area contributed by atoms with E-state index in [1.807, 2.05) is 6.07 Å². The number of hydrogen-bond acceptors (Lipinski definition) is 3. The molecule has 1 N–H and O–H groups in total. The van der Waals surface area contributed by atoms with Crippen molar-refractivity contribution in [2.75, 3.05) is 0 Å². The van der Waals surface area contributed by atoms with E-state index in [2.05, 4.69) is 0 Å². The highest BCUT2D eigenvalue weighted by molar-refractivity contribution is 5.52. The zero-order valence-electron chi connectivity index (χ0n) is 7.77. The van der Waals surface area contributed by atoms with Crippen LogP contribution in [0.2, 0.25) is 0 Å². The van der Waals surface area contributed by atoms with Gasteiger partial charge in [0.25, 0.3) is 5.69 Å². The van der Waals surface area contributed by atoms with Gasteiger partial charge in [-0.05, 0) is 31.0 Å². The highest BCUT2D eigenvalue weighted by Gasteiger charge is 2.04. The second kappa shape index (κ2) is 5.11. The lowest BCUT2D eigenvalue weighted by Gasteiger charge is -1.98. The summed E-state index contributed by atoms with van der Waals surface area (Å²) in [6.45, 7) is 0. The van der Waals surface area contributed by atoms with Crippen molar-refractivity contribution in [1.29, 1.82) is 5.41 Å². The third kappa shape index (κ3) is 2.97. The first-order valence-corrected chi connectivity index (χ1v) is 4.46. The molecule has 1 aromatic carbocycles. The second-order valence-electron chi connectivity index (χ2n) is 3.02. The fraction of sp³-hybridized carbons (Fsp3) is 0.300. The number of benzene rings is 1. The van der Waals surface area contributed by atoms with Crippen molar-refractivity contribution >= 4 is 11.9 Å². The largest absolute Gasteiger partial charge is 0.313 e. The molecular weight excluding hydrogens is 180 g/mol. The Morgan fingerprint density at radius 1 is 1.50 bits per heavy atom. The quantitative estimate of drug-likeness (QED) is 0.337. The minimum atomic E-state index is -0.389. The van der Waals surface area contributed by atoms with E-state index in [4.69, 9.17) is 5.41 Å². The highest BCUT2D eigenvalue weighted by Crippen LogP contribution is 2.14. The van der Waals surface area contributed by atoms with Gasteiger partial charge in [0.1, 0.15) is 0 Å². The average molecular weight is 192 g/mol. The van der Waals surface area contributed by atoms with Gasteiger partial charge in [-0.15, -0.1) is 0 Å². The normalized spacial score (nSPS) is 9.71. The molecule has 14 heavy (non-hydrogen) atoms. The number of aryl methyl sites for hydroxylation is 1. The van der Waals surface area contributed by atoms with Crippen molar-refractivity contribution in [1.82, 2.24) is 0 Å². The molecule has 4 heteroatoms. The Morgan fingerprint density at radius 2 is 2.29 bits per heavy atom. The molecular formula is C10H12N2O2. The van der Waals surface area contributed by atoms with Crippen LogP contribution in [-0.2, 0) is 6.42 Å². The second-order valence-corrected chi connectivity index (χ2v) is 3.02. The first-order valence-electron chi connectivity index (χ1n) is 4.46. The molecule has 0 aliphatic carbocycles. The Kier molecular flexibility index (Phi) is 3.79. The molecule has 0 fully saturated rings. The van der Waals surface area contributed by atoms with Gasteiger partial charge in [-0.1, -0.05) is 12.1 Å². The summed E-state index contributed by atoms with van der Waals surface area (Å²) >= 11 is 0. The zero-order chi connectivity index (χ0) is 10.4. The van der Waals surface area contributed by atoms with Crippen LogP contribution in [-0.4, -0.2) is 11.1 Å². The van der Waals surface area contributed by atoms with E-state index in [9.17, 15) is 10.1 Å². The number of non-ortho nitro benzene ring substituents is 1. The van der Waals surface area contributed by atoms with Gasteiger partial charge in [-0.2, -0.15) is 0 Å². The molecule has 0 aromatic heterocycles. The van der Waals surface area contributed by atoms with Gasteiger partial charge in [-0.3, -0.25) is 10.1 Å². The molecule has 0 aliphatic heterocycles. The third-order valence-electron chi connectivity index (χ3n) is 1.94. The van der Waals surface area contributed by atoms with Crippen LogP contribution >= 0.6 is 0 Å². The van der Waals surface area contributed by atoms with Crippen LogP contribution in [0.5, 0.6) is 0 Å². The summed E-state index contributed by atoms with van der Waals surface area (Å²) in [5.41, 5.74) is 1.10. The SMILES string of the molecule is N=CCCCc1cccc([N+](=O)[O-])c1. The molecule has 0 heterocycles. The van der Waals surface area contributed by atoms with Gasteiger partial charge in [0.15, 0.2) is 0 Å².